The molecule has 1 N–H and O–H groups in total. The van der Waals surface area contributed by atoms with Crippen LogP contribution in [-0.4, -0.2) is 43.8 Å². The Bertz CT molecular complexity index is 1060. The predicted molar refractivity (Wildman–Crippen MR) is 114 cm³/mol. The lowest BCUT2D eigenvalue weighted by Gasteiger charge is -2.22. The molecule has 30 heavy (non-hydrogen) atoms. The largest absolute Gasteiger partial charge is 0.454 e. The van der Waals surface area contributed by atoms with Gasteiger partial charge in [-0.15, -0.1) is 0 Å². The lowest BCUT2D eigenvalue weighted by Crippen LogP contribution is -2.42. The maximum Gasteiger partial charge on any atom is 0.324 e. The highest BCUT2D eigenvalue weighted by Gasteiger charge is 2.40. The summed E-state index contributed by atoms with van der Waals surface area (Å²) in [6, 6.07) is 10.2. The molecule has 2 aromatic carbocycles. The van der Waals surface area contributed by atoms with Crippen LogP contribution in [0.3, 0.4) is 0 Å². The fourth-order valence-electron chi connectivity index (χ4n) is 3.13. The molecule has 0 bridgehead atoms. The molecule has 10 heteroatoms. The van der Waals surface area contributed by atoms with Crippen molar-refractivity contribution in [2.45, 2.75) is 30.7 Å². The van der Waals surface area contributed by atoms with Gasteiger partial charge in [-0.25, -0.2) is 8.42 Å². The summed E-state index contributed by atoms with van der Waals surface area (Å²) in [5.41, 5.74) is 1.21. The van der Waals surface area contributed by atoms with Gasteiger partial charge in [0.05, 0.1) is 20.6 Å². The Labute approximate surface area is 185 Å². The third-order valence-corrected chi connectivity index (χ3v) is 7.42. The molecular formula is C20H20Cl2N2O5S. The Morgan fingerprint density at radius 2 is 1.87 bits per heavy atom. The zero-order chi connectivity index (χ0) is 21.9. The van der Waals surface area contributed by atoms with Gasteiger partial charge in [0.25, 0.3) is 5.91 Å². The number of hydrogen-bond acceptors (Lipinski definition) is 5. The molecule has 1 amide bonds. The number of benzene rings is 2. The number of nitrogens with zero attached hydrogens (tertiary/aromatic N) is 1. The van der Waals surface area contributed by atoms with E-state index in [9.17, 15) is 18.0 Å². The van der Waals surface area contributed by atoms with Crippen molar-refractivity contribution in [3.63, 3.8) is 0 Å². The first kappa shape index (κ1) is 22.6. The smallest absolute Gasteiger partial charge is 0.324 e. The number of esters is 1. The van der Waals surface area contributed by atoms with Crippen LogP contribution in [0, 0.1) is 6.92 Å². The number of ether oxygens (including phenoxy) is 1. The molecule has 0 radical (unpaired) electrons. The SMILES string of the molecule is Cc1ccc(S(=O)(=O)N2CCC[C@H]2C(=O)OCC(=O)Nc2cccc(Cl)c2Cl)cc1. The van der Waals surface area contributed by atoms with Crippen molar-refractivity contribution in [3.8, 4) is 0 Å². The zero-order valence-electron chi connectivity index (χ0n) is 16.1. The summed E-state index contributed by atoms with van der Waals surface area (Å²) >= 11 is 11.9. The summed E-state index contributed by atoms with van der Waals surface area (Å²) < 4.78 is 32.1. The second-order valence-electron chi connectivity index (χ2n) is 6.84. The average Bonchev–Trinajstić information content (AvgIpc) is 3.21. The van der Waals surface area contributed by atoms with Crippen LogP contribution in [0.1, 0.15) is 18.4 Å². The van der Waals surface area contributed by atoms with E-state index < -0.39 is 34.5 Å². The van der Waals surface area contributed by atoms with Crippen molar-refractivity contribution in [1.29, 1.82) is 0 Å². The van der Waals surface area contributed by atoms with E-state index in [1.807, 2.05) is 6.92 Å². The number of sulfonamides is 1. The topological polar surface area (TPSA) is 92.8 Å². The van der Waals surface area contributed by atoms with E-state index in [0.717, 1.165) is 9.87 Å². The molecule has 1 heterocycles. The van der Waals surface area contributed by atoms with Crippen LogP contribution in [-0.2, 0) is 24.3 Å². The van der Waals surface area contributed by atoms with Gasteiger partial charge in [0.15, 0.2) is 6.61 Å². The van der Waals surface area contributed by atoms with Crippen molar-refractivity contribution in [2.75, 3.05) is 18.5 Å². The van der Waals surface area contributed by atoms with E-state index in [0.29, 0.717) is 12.8 Å². The quantitative estimate of drug-likeness (QED) is 0.650. The third kappa shape index (κ3) is 4.95. The zero-order valence-corrected chi connectivity index (χ0v) is 18.4. The van der Waals surface area contributed by atoms with E-state index in [1.165, 1.54) is 12.1 Å². The minimum absolute atomic E-state index is 0.112. The normalized spacial score (nSPS) is 17.0. The number of carbonyl (C=O) groups is 2. The number of anilines is 1. The molecule has 0 unspecified atom stereocenters. The Kier molecular flexibility index (Phi) is 7.02. The highest BCUT2D eigenvalue weighted by Crippen LogP contribution is 2.30. The van der Waals surface area contributed by atoms with Crippen molar-refractivity contribution in [3.05, 3.63) is 58.1 Å². The molecule has 7 nitrogen and oxygen atoms in total. The van der Waals surface area contributed by atoms with Crippen molar-refractivity contribution in [2.24, 2.45) is 0 Å². The Hall–Kier alpha value is -2.13. The first-order valence-electron chi connectivity index (χ1n) is 9.19. The molecular weight excluding hydrogens is 451 g/mol. The van der Waals surface area contributed by atoms with Gasteiger partial charge in [0, 0.05) is 6.54 Å². The minimum atomic E-state index is -3.85. The number of hydrogen-bond donors (Lipinski definition) is 1. The molecule has 1 fully saturated rings. The van der Waals surface area contributed by atoms with Crippen LogP contribution in [0.15, 0.2) is 47.4 Å². The van der Waals surface area contributed by atoms with E-state index in [4.69, 9.17) is 27.9 Å². The standard InChI is InChI=1S/C20H20Cl2N2O5S/c1-13-7-9-14(10-8-13)30(27,28)24-11-3-6-17(24)20(26)29-12-18(25)23-16-5-2-4-15(21)19(16)22/h2,4-5,7-10,17H,3,6,11-12H2,1H3,(H,23,25)/t17-/m0/s1. The van der Waals surface area contributed by atoms with Crippen LogP contribution in [0.5, 0.6) is 0 Å². The fraction of sp³-hybridized carbons (Fsp3) is 0.300. The van der Waals surface area contributed by atoms with Crippen LogP contribution < -0.4 is 5.32 Å². The number of nitrogens with one attached hydrogen (secondary N) is 1. The molecule has 3 rings (SSSR count). The molecule has 0 spiro atoms. The van der Waals surface area contributed by atoms with Crippen LogP contribution in [0.25, 0.3) is 0 Å². The second-order valence-corrected chi connectivity index (χ2v) is 9.52. The molecule has 1 aliphatic rings. The number of halogens is 2. The van der Waals surface area contributed by atoms with Crippen molar-refractivity contribution >= 4 is 50.8 Å². The molecule has 1 saturated heterocycles. The number of rotatable bonds is 6. The number of carbonyl (C=O) groups excluding carboxylic acids is 2. The highest BCUT2D eigenvalue weighted by molar-refractivity contribution is 7.89. The molecule has 0 saturated carbocycles. The van der Waals surface area contributed by atoms with Gasteiger partial charge in [0.2, 0.25) is 10.0 Å². The van der Waals surface area contributed by atoms with E-state index in [-0.39, 0.29) is 27.2 Å². The number of amides is 1. The van der Waals surface area contributed by atoms with E-state index in [2.05, 4.69) is 5.32 Å². The minimum Gasteiger partial charge on any atom is -0.454 e. The Balaban J connectivity index is 1.63. The molecule has 1 atom stereocenters. The summed E-state index contributed by atoms with van der Waals surface area (Å²) in [4.78, 5) is 24.7. The summed E-state index contributed by atoms with van der Waals surface area (Å²) in [6.07, 6.45) is 0.848. The van der Waals surface area contributed by atoms with Crippen LogP contribution in [0.2, 0.25) is 10.0 Å². The first-order valence-corrected chi connectivity index (χ1v) is 11.4. The van der Waals surface area contributed by atoms with Crippen LogP contribution >= 0.6 is 23.2 Å². The maximum absolute atomic E-state index is 12.9. The van der Waals surface area contributed by atoms with Gasteiger partial charge in [-0.05, 0) is 44.0 Å². The Morgan fingerprint density at radius 3 is 2.57 bits per heavy atom. The summed E-state index contributed by atoms with van der Waals surface area (Å²) in [5.74, 6) is -1.38. The Morgan fingerprint density at radius 1 is 1.17 bits per heavy atom. The van der Waals surface area contributed by atoms with Gasteiger partial charge in [-0.3, -0.25) is 9.59 Å². The molecule has 0 aliphatic carbocycles. The van der Waals surface area contributed by atoms with Gasteiger partial charge in [-0.2, -0.15) is 4.31 Å². The molecule has 160 valence electrons. The predicted octanol–water partition coefficient (Wildman–Crippen LogP) is 3.64. The van der Waals surface area contributed by atoms with Gasteiger partial charge >= 0.3 is 5.97 Å². The first-order chi connectivity index (χ1) is 14.2. The third-order valence-electron chi connectivity index (χ3n) is 4.67. The molecule has 0 aromatic heterocycles. The van der Waals surface area contributed by atoms with Crippen molar-refractivity contribution < 1.29 is 22.7 Å². The molecule has 2 aromatic rings. The fourth-order valence-corrected chi connectivity index (χ4v) is 5.12. The van der Waals surface area contributed by atoms with Crippen molar-refractivity contribution in [1.82, 2.24) is 4.31 Å². The monoisotopic (exact) mass is 470 g/mol. The average molecular weight is 471 g/mol. The maximum atomic E-state index is 12.9. The summed E-state index contributed by atoms with van der Waals surface area (Å²) in [5, 5.41) is 2.95. The van der Waals surface area contributed by atoms with Gasteiger partial charge < -0.3 is 10.1 Å². The van der Waals surface area contributed by atoms with Gasteiger partial charge in [0.1, 0.15) is 6.04 Å². The van der Waals surface area contributed by atoms with Crippen LogP contribution in [0.4, 0.5) is 5.69 Å². The van der Waals surface area contributed by atoms with Gasteiger partial charge in [-0.1, -0.05) is 47.0 Å². The lowest BCUT2D eigenvalue weighted by molar-refractivity contribution is -0.150. The highest BCUT2D eigenvalue weighted by atomic mass is 35.5. The summed E-state index contributed by atoms with van der Waals surface area (Å²) in [6.45, 7) is 1.49. The second kappa shape index (κ2) is 9.34. The molecule has 1 aliphatic heterocycles. The summed E-state index contributed by atoms with van der Waals surface area (Å²) in [7, 11) is -3.85. The lowest BCUT2D eigenvalue weighted by atomic mass is 10.2. The van der Waals surface area contributed by atoms with E-state index >= 15 is 0 Å². The number of aryl methyl sites for hydroxylation is 1. The van der Waals surface area contributed by atoms with E-state index in [1.54, 1.807) is 30.3 Å².